The average molecular weight is 213 g/mol. The predicted molar refractivity (Wildman–Crippen MR) is 65.0 cm³/mol. The van der Waals surface area contributed by atoms with Crippen molar-refractivity contribution in [2.45, 2.75) is 32.7 Å². The maximum absolute atomic E-state index is 11.6. The minimum Gasteiger partial charge on any atom is -0.344 e. The second-order valence-electron chi connectivity index (χ2n) is 4.76. The molecule has 1 fully saturated rings. The first-order valence-corrected chi connectivity index (χ1v) is 5.79. The van der Waals surface area contributed by atoms with Gasteiger partial charge in [-0.25, -0.2) is 0 Å². The Morgan fingerprint density at radius 2 is 2.12 bits per heavy atom. The van der Waals surface area contributed by atoms with Crippen molar-refractivity contribution in [1.82, 2.24) is 4.57 Å². The number of ketones is 1. The van der Waals surface area contributed by atoms with Gasteiger partial charge >= 0.3 is 0 Å². The van der Waals surface area contributed by atoms with E-state index in [0.717, 1.165) is 10.9 Å². The molecule has 16 heavy (non-hydrogen) atoms. The highest BCUT2D eigenvalue weighted by molar-refractivity contribution is 6.07. The van der Waals surface area contributed by atoms with Crippen LogP contribution in [-0.4, -0.2) is 10.4 Å². The summed E-state index contributed by atoms with van der Waals surface area (Å²) in [6.45, 7) is 3.71. The summed E-state index contributed by atoms with van der Waals surface area (Å²) in [6, 6.07) is 6.99. The zero-order valence-corrected chi connectivity index (χ0v) is 9.66. The number of rotatable bonds is 2. The number of fused-ring (bicyclic) bond motifs is 1. The van der Waals surface area contributed by atoms with Crippen LogP contribution in [-0.2, 0) is 0 Å². The van der Waals surface area contributed by atoms with Gasteiger partial charge in [-0.1, -0.05) is 11.6 Å². The Morgan fingerprint density at radius 1 is 1.38 bits per heavy atom. The summed E-state index contributed by atoms with van der Waals surface area (Å²) in [5.41, 5.74) is 3.28. The SMILES string of the molecule is CC(=O)c1cn(C2CC2)c2ccc(C)cc12. The van der Waals surface area contributed by atoms with E-state index in [1.54, 1.807) is 6.92 Å². The van der Waals surface area contributed by atoms with Crippen LogP contribution in [0.5, 0.6) is 0 Å². The lowest BCUT2D eigenvalue weighted by molar-refractivity contribution is 0.101. The van der Waals surface area contributed by atoms with E-state index >= 15 is 0 Å². The van der Waals surface area contributed by atoms with E-state index in [1.807, 2.05) is 6.20 Å². The van der Waals surface area contributed by atoms with Gasteiger partial charge in [-0.3, -0.25) is 4.79 Å². The minimum absolute atomic E-state index is 0.162. The Morgan fingerprint density at radius 3 is 2.75 bits per heavy atom. The van der Waals surface area contributed by atoms with E-state index in [2.05, 4.69) is 29.7 Å². The van der Waals surface area contributed by atoms with Crippen LogP contribution >= 0.6 is 0 Å². The second-order valence-corrected chi connectivity index (χ2v) is 4.76. The molecule has 0 bridgehead atoms. The van der Waals surface area contributed by atoms with Crippen LogP contribution < -0.4 is 0 Å². The van der Waals surface area contributed by atoms with Gasteiger partial charge in [-0.05, 0) is 38.8 Å². The lowest BCUT2D eigenvalue weighted by atomic mass is 10.1. The van der Waals surface area contributed by atoms with Gasteiger partial charge in [0.15, 0.2) is 5.78 Å². The Kier molecular flexibility index (Phi) is 1.93. The average Bonchev–Trinajstić information content (AvgIpc) is 2.99. The lowest BCUT2D eigenvalue weighted by Crippen LogP contribution is -1.91. The number of aryl methyl sites for hydroxylation is 1. The highest BCUT2D eigenvalue weighted by Gasteiger charge is 2.26. The summed E-state index contributed by atoms with van der Waals surface area (Å²) in [5, 5.41) is 1.11. The highest BCUT2D eigenvalue weighted by atomic mass is 16.1. The predicted octanol–water partition coefficient (Wildman–Crippen LogP) is 3.49. The Bertz CT molecular complexity index is 576. The van der Waals surface area contributed by atoms with E-state index in [1.165, 1.54) is 23.9 Å². The van der Waals surface area contributed by atoms with Crippen molar-refractivity contribution in [3.63, 3.8) is 0 Å². The Labute approximate surface area is 94.9 Å². The maximum Gasteiger partial charge on any atom is 0.161 e. The zero-order valence-electron chi connectivity index (χ0n) is 9.66. The smallest absolute Gasteiger partial charge is 0.161 e. The summed E-state index contributed by atoms with van der Waals surface area (Å²) in [7, 11) is 0. The van der Waals surface area contributed by atoms with Crippen LogP contribution in [0, 0.1) is 6.92 Å². The van der Waals surface area contributed by atoms with Gasteiger partial charge in [0.05, 0.1) is 0 Å². The number of carbonyl (C=O) groups is 1. The molecule has 0 saturated heterocycles. The molecule has 0 atom stereocenters. The first-order chi connectivity index (χ1) is 7.66. The van der Waals surface area contributed by atoms with Crippen LogP contribution in [0.4, 0.5) is 0 Å². The molecule has 1 aliphatic carbocycles. The largest absolute Gasteiger partial charge is 0.344 e. The van der Waals surface area contributed by atoms with Gasteiger partial charge in [0.2, 0.25) is 0 Å². The molecule has 2 nitrogen and oxygen atoms in total. The van der Waals surface area contributed by atoms with E-state index in [4.69, 9.17) is 0 Å². The molecule has 0 N–H and O–H groups in total. The third kappa shape index (κ3) is 1.37. The molecule has 0 amide bonds. The van der Waals surface area contributed by atoms with Crippen molar-refractivity contribution in [2.24, 2.45) is 0 Å². The highest BCUT2D eigenvalue weighted by Crippen LogP contribution is 2.39. The summed E-state index contributed by atoms with van der Waals surface area (Å²) in [4.78, 5) is 11.6. The van der Waals surface area contributed by atoms with Crippen molar-refractivity contribution in [1.29, 1.82) is 0 Å². The number of aromatic nitrogens is 1. The van der Waals surface area contributed by atoms with E-state index in [-0.39, 0.29) is 5.78 Å². The fourth-order valence-electron chi connectivity index (χ4n) is 2.30. The van der Waals surface area contributed by atoms with Crippen molar-refractivity contribution in [3.05, 3.63) is 35.5 Å². The fraction of sp³-hybridized carbons (Fsp3) is 0.357. The topological polar surface area (TPSA) is 22.0 Å². The fourth-order valence-corrected chi connectivity index (χ4v) is 2.30. The van der Waals surface area contributed by atoms with E-state index in [9.17, 15) is 4.79 Å². The first-order valence-electron chi connectivity index (χ1n) is 5.79. The summed E-state index contributed by atoms with van der Waals surface area (Å²) >= 11 is 0. The number of Topliss-reactive ketones (excluding diaryl/α,β-unsaturated/α-hetero) is 1. The van der Waals surface area contributed by atoms with Crippen molar-refractivity contribution in [3.8, 4) is 0 Å². The van der Waals surface area contributed by atoms with Crippen LogP contribution in [0.25, 0.3) is 10.9 Å². The number of benzene rings is 1. The van der Waals surface area contributed by atoms with Gasteiger partial charge < -0.3 is 4.57 Å². The van der Waals surface area contributed by atoms with Crippen LogP contribution in [0.15, 0.2) is 24.4 Å². The number of hydrogen-bond donors (Lipinski definition) is 0. The first kappa shape index (κ1) is 9.64. The number of carbonyl (C=O) groups excluding carboxylic acids is 1. The number of nitrogens with zero attached hydrogens (tertiary/aromatic N) is 1. The van der Waals surface area contributed by atoms with Gasteiger partial charge in [0.1, 0.15) is 0 Å². The van der Waals surface area contributed by atoms with E-state index < -0.39 is 0 Å². The minimum atomic E-state index is 0.162. The molecule has 1 saturated carbocycles. The molecule has 1 aliphatic rings. The van der Waals surface area contributed by atoms with Gasteiger partial charge in [-0.15, -0.1) is 0 Å². The monoisotopic (exact) mass is 213 g/mol. The van der Waals surface area contributed by atoms with Gasteiger partial charge in [0.25, 0.3) is 0 Å². The summed E-state index contributed by atoms with van der Waals surface area (Å²) < 4.78 is 2.27. The number of hydrogen-bond acceptors (Lipinski definition) is 1. The Hall–Kier alpha value is -1.57. The molecule has 0 spiro atoms. The van der Waals surface area contributed by atoms with Crippen LogP contribution in [0.1, 0.15) is 41.7 Å². The normalized spacial score (nSPS) is 15.6. The molecule has 0 aliphatic heterocycles. The second kappa shape index (κ2) is 3.21. The summed E-state index contributed by atoms with van der Waals surface area (Å²) in [6.07, 6.45) is 4.52. The van der Waals surface area contributed by atoms with Crippen molar-refractivity contribution >= 4 is 16.7 Å². The van der Waals surface area contributed by atoms with Crippen molar-refractivity contribution < 1.29 is 4.79 Å². The molecular weight excluding hydrogens is 198 g/mol. The molecule has 82 valence electrons. The maximum atomic E-state index is 11.6. The van der Waals surface area contributed by atoms with E-state index in [0.29, 0.717) is 6.04 Å². The van der Waals surface area contributed by atoms with Crippen molar-refractivity contribution in [2.75, 3.05) is 0 Å². The molecule has 0 unspecified atom stereocenters. The molecule has 1 aromatic carbocycles. The van der Waals surface area contributed by atoms with Crippen LogP contribution in [0.3, 0.4) is 0 Å². The van der Waals surface area contributed by atoms with Crippen LogP contribution in [0.2, 0.25) is 0 Å². The quantitative estimate of drug-likeness (QED) is 0.700. The molecular formula is C14H15NO. The van der Waals surface area contributed by atoms with Gasteiger partial charge in [-0.2, -0.15) is 0 Å². The third-order valence-electron chi connectivity index (χ3n) is 3.31. The third-order valence-corrected chi connectivity index (χ3v) is 3.31. The molecule has 0 radical (unpaired) electrons. The molecule has 3 rings (SSSR count). The molecule has 1 heterocycles. The molecule has 2 aromatic rings. The molecule has 2 heteroatoms. The zero-order chi connectivity index (χ0) is 11.3. The summed E-state index contributed by atoms with van der Waals surface area (Å²) in [5.74, 6) is 0.162. The molecule has 1 aromatic heterocycles. The van der Waals surface area contributed by atoms with Gasteiger partial charge in [0, 0.05) is 28.7 Å². The Balaban J connectivity index is 2.32. The lowest BCUT2D eigenvalue weighted by Gasteiger charge is -2.01. The standard InChI is InChI=1S/C14H15NO/c1-9-3-6-14-12(7-9)13(10(2)16)8-15(14)11-4-5-11/h3,6-8,11H,4-5H2,1-2H3.